The van der Waals surface area contributed by atoms with Gasteiger partial charge in [0.1, 0.15) is 18.5 Å². The first kappa shape index (κ1) is 19.3. The fourth-order valence-corrected chi connectivity index (χ4v) is 3.34. The number of ether oxygens (including phenoxy) is 1. The zero-order chi connectivity index (χ0) is 15.4. The minimum absolute atomic E-state index is 0. The lowest BCUT2D eigenvalue weighted by molar-refractivity contribution is 0.0206. The highest BCUT2D eigenvalue weighted by molar-refractivity contribution is 5.85. The minimum atomic E-state index is -0.438. The zero-order valence-electron chi connectivity index (χ0n) is 14.2. The summed E-state index contributed by atoms with van der Waals surface area (Å²) in [6, 6.07) is 7.24. The number of aliphatic hydroxyl groups excluding tert-OH is 1. The molecule has 0 aromatic heterocycles. The van der Waals surface area contributed by atoms with E-state index >= 15 is 0 Å². The standard InChI is InChI=1S/C18H29NO2.ClH/c1-13-7-5-8-14(2)18(13)21-12-17(20)11-19-15(3)9-6-10-16(19)4;/h5,7-8,15-17,20H,6,9-12H2,1-4H3;1H. The van der Waals surface area contributed by atoms with Crippen LogP contribution >= 0.6 is 12.4 Å². The van der Waals surface area contributed by atoms with Crippen molar-refractivity contribution in [3.63, 3.8) is 0 Å². The van der Waals surface area contributed by atoms with Crippen LogP contribution in [0.2, 0.25) is 0 Å². The summed E-state index contributed by atoms with van der Waals surface area (Å²) in [5, 5.41) is 10.3. The number of piperidine rings is 1. The van der Waals surface area contributed by atoms with E-state index in [-0.39, 0.29) is 12.4 Å². The van der Waals surface area contributed by atoms with Gasteiger partial charge in [0.25, 0.3) is 0 Å². The number of β-amino-alcohol motifs (C(OH)–C–C–N with tert-alkyl or cyclic N) is 1. The molecule has 3 atom stereocenters. The molecule has 0 saturated carbocycles. The predicted molar refractivity (Wildman–Crippen MR) is 94.1 cm³/mol. The van der Waals surface area contributed by atoms with Gasteiger partial charge in [0.05, 0.1) is 0 Å². The van der Waals surface area contributed by atoms with Crippen LogP contribution in [-0.2, 0) is 0 Å². The van der Waals surface area contributed by atoms with Gasteiger partial charge in [-0.1, -0.05) is 24.6 Å². The minimum Gasteiger partial charge on any atom is -0.490 e. The lowest BCUT2D eigenvalue weighted by Crippen LogP contribution is -2.48. The van der Waals surface area contributed by atoms with Crippen LogP contribution in [0.15, 0.2) is 18.2 Å². The molecule has 1 N–H and O–H groups in total. The van der Waals surface area contributed by atoms with Crippen molar-refractivity contribution in [2.24, 2.45) is 0 Å². The van der Waals surface area contributed by atoms with Gasteiger partial charge in [0, 0.05) is 18.6 Å². The largest absolute Gasteiger partial charge is 0.490 e. The smallest absolute Gasteiger partial charge is 0.125 e. The second-order valence-corrected chi connectivity index (χ2v) is 6.51. The number of benzene rings is 1. The number of nitrogens with zero attached hydrogens (tertiary/aromatic N) is 1. The van der Waals surface area contributed by atoms with E-state index in [0.29, 0.717) is 25.2 Å². The van der Waals surface area contributed by atoms with E-state index in [1.165, 1.54) is 19.3 Å². The average molecular weight is 328 g/mol. The topological polar surface area (TPSA) is 32.7 Å². The molecule has 3 unspecified atom stereocenters. The number of likely N-dealkylation sites (tertiary alicyclic amines) is 1. The average Bonchev–Trinajstić information content (AvgIpc) is 2.42. The number of halogens is 1. The van der Waals surface area contributed by atoms with Crippen LogP contribution in [0.3, 0.4) is 0 Å². The first-order valence-electron chi connectivity index (χ1n) is 8.12. The van der Waals surface area contributed by atoms with Gasteiger partial charge >= 0.3 is 0 Å². The molecule has 126 valence electrons. The number of aryl methyl sites for hydroxylation is 2. The molecule has 0 amide bonds. The fourth-order valence-electron chi connectivity index (χ4n) is 3.34. The first-order chi connectivity index (χ1) is 9.99. The van der Waals surface area contributed by atoms with Crippen molar-refractivity contribution in [1.29, 1.82) is 0 Å². The fraction of sp³-hybridized carbons (Fsp3) is 0.667. The maximum Gasteiger partial charge on any atom is 0.125 e. The van der Waals surface area contributed by atoms with Crippen LogP contribution in [0, 0.1) is 13.8 Å². The van der Waals surface area contributed by atoms with E-state index < -0.39 is 6.10 Å². The van der Waals surface area contributed by atoms with Gasteiger partial charge in [-0.3, -0.25) is 4.90 Å². The Kier molecular flexibility index (Phi) is 7.67. The van der Waals surface area contributed by atoms with E-state index in [1.54, 1.807) is 0 Å². The summed E-state index contributed by atoms with van der Waals surface area (Å²) in [7, 11) is 0. The molecule has 3 nitrogen and oxygen atoms in total. The molecule has 22 heavy (non-hydrogen) atoms. The van der Waals surface area contributed by atoms with E-state index in [0.717, 1.165) is 16.9 Å². The second kappa shape index (κ2) is 8.76. The molecular weight excluding hydrogens is 298 g/mol. The Morgan fingerprint density at radius 2 is 1.73 bits per heavy atom. The van der Waals surface area contributed by atoms with E-state index in [1.807, 2.05) is 32.0 Å². The number of hydrogen-bond donors (Lipinski definition) is 1. The first-order valence-corrected chi connectivity index (χ1v) is 8.12. The van der Waals surface area contributed by atoms with Crippen LogP contribution in [0.1, 0.15) is 44.2 Å². The Bertz CT molecular complexity index is 436. The van der Waals surface area contributed by atoms with Gasteiger partial charge < -0.3 is 9.84 Å². The Morgan fingerprint density at radius 1 is 1.18 bits per heavy atom. The monoisotopic (exact) mass is 327 g/mol. The summed E-state index contributed by atoms with van der Waals surface area (Å²) in [5.41, 5.74) is 2.25. The molecule has 1 saturated heterocycles. The molecule has 1 aromatic rings. The van der Waals surface area contributed by atoms with E-state index in [9.17, 15) is 5.11 Å². The van der Waals surface area contributed by atoms with Crippen molar-refractivity contribution in [2.75, 3.05) is 13.2 Å². The van der Waals surface area contributed by atoms with Gasteiger partial charge in [0.15, 0.2) is 0 Å². The lowest BCUT2D eigenvalue weighted by atomic mass is 9.97. The SMILES string of the molecule is Cc1cccc(C)c1OCC(O)CN1C(C)CCCC1C.Cl. The predicted octanol–water partition coefficient (Wildman–Crippen LogP) is 3.73. The highest BCUT2D eigenvalue weighted by Gasteiger charge is 2.26. The molecule has 1 aliphatic heterocycles. The van der Waals surface area contributed by atoms with Crippen molar-refractivity contribution < 1.29 is 9.84 Å². The van der Waals surface area contributed by atoms with Gasteiger partial charge in [-0.2, -0.15) is 0 Å². The van der Waals surface area contributed by atoms with E-state index in [2.05, 4.69) is 18.7 Å². The third-order valence-electron chi connectivity index (χ3n) is 4.63. The van der Waals surface area contributed by atoms with Gasteiger partial charge in [-0.05, 0) is 51.7 Å². The van der Waals surface area contributed by atoms with Crippen LogP contribution in [0.4, 0.5) is 0 Å². The maximum absolute atomic E-state index is 10.3. The van der Waals surface area contributed by atoms with Crippen molar-refractivity contribution in [3.8, 4) is 5.75 Å². The Morgan fingerprint density at radius 3 is 2.27 bits per heavy atom. The number of hydrogen-bond acceptors (Lipinski definition) is 3. The normalized spacial score (nSPS) is 23.7. The Labute approximate surface area is 141 Å². The van der Waals surface area contributed by atoms with Crippen molar-refractivity contribution in [2.45, 2.75) is 65.1 Å². The summed E-state index contributed by atoms with van der Waals surface area (Å²) in [4.78, 5) is 2.42. The van der Waals surface area contributed by atoms with Crippen molar-refractivity contribution >= 4 is 12.4 Å². The molecule has 1 aliphatic rings. The molecule has 0 radical (unpaired) electrons. The molecule has 0 bridgehead atoms. The zero-order valence-corrected chi connectivity index (χ0v) is 15.0. The van der Waals surface area contributed by atoms with Gasteiger partial charge in [-0.15, -0.1) is 12.4 Å². The van der Waals surface area contributed by atoms with Crippen LogP contribution in [0.25, 0.3) is 0 Å². The molecule has 2 rings (SSSR count). The molecular formula is C18H30ClNO2. The molecule has 1 heterocycles. The molecule has 0 aliphatic carbocycles. The molecule has 4 heteroatoms. The molecule has 1 aromatic carbocycles. The summed E-state index contributed by atoms with van der Waals surface area (Å²) in [6.45, 7) is 9.67. The Hall–Kier alpha value is -0.770. The van der Waals surface area contributed by atoms with Crippen LogP contribution in [0.5, 0.6) is 5.75 Å². The quantitative estimate of drug-likeness (QED) is 0.894. The Balaban J connectivity index is 0.00000242. The number of aliphatic hydroxyl groups is 1. The van der Waals surface area contributed by atoms with Crippen molar-refractivity contribution in [1.82, 2.24) is 4.90 Å². The highest BCUT2D eigenvalue weighted by atomic mass is 35.5. The molecule has 0 spiro atoms. The third kappa shape index (κ3) is 4.87. The lowest BCUT2D eigenvalue weighted by Gasteiger charge is -2.40. The third-order valence-corrected chi connectivity index (χ3v) is 4.63. The van der Waals surface area contributed by atoms with E-state index in [4.69, 9.17) is 4.74 Å². The van der Waals surface area contributed by atoms with Gasteiger partial charge in [-0.25, -0.2) is 0 Å². The molecule has 1 fully saturated rings. The number of rotatable bonds is 5. The maximum atomic E-state index is 10.3. The van der Waals surface area contributed by atoms with Crippen LogP contribution in [-0.4, -0.2) is 41.3 Å². The summed E-state index contributed by atoms with van der Waals surface area (Å²) in [6.07, 6.45) is 3.32. The van der Waals surface area contributed by atoms with Crippen molar-refractivity contribution in [3.05, 3.63) is 29.3 Å². The summed E-state index contributed by atoms with van der Waals surface area (Å²) < 4.78 is 5.86. The van der Waals surface area contributed by atoms with Gasteiger partial charge in [0.2, 0.25) is 0 Å². The second-order valence-electron chi connectivity index (χ2n) is 6.51. The highest BCUT2D eigenvalue weighted by Crippen LogP contribution is 2.24. The number of para-hydroxylation sites is 1. The summed E-state index contributed by atoms with van der Waals surface area (Å²) in [5.74, 6) is 0.913. The van der Waals surface area contributed by atoms with Crippen LogP contribution < -0.4 is 4.74 Å². The summed E-state index contributed by atoms with van der Waals surface area (Å²) >= 11 is 0.